The van der Waals surface area contributed by atoms with Gasteiger partial charge in [0.2, 0.25) is 5.91 Å². The summed E-state index contributed by atoms with van der Waals surface area (Å²) in [6.07, 6.45) is 0. The number of amides is 1. The van der Waals surface area contributed by atoms with Crippen LogP contribution in [0, 0.1) is 5.92 Å². The number of ether oxygens (including phenoxy) is 2. The largest absolute Gasteiger partial charge is 0.490 e. The zero-order chi connectivity index (χ0) is 16.1. The topological polar surface area (TPSA) is 97.6 Å². The highest BCUT2D eigenvalue weighted by Crippen LogP contribution is 2.33. The van der Waals surface area contributed by atoms with E-state index in [1.54, 1.807) is 7.11 Å². The fraction of sp³-hybridized carbons (Fsp3) is 0.500. The molecule has 1 aromatic rings. The molecule has 1 aromatic carbocycles. The number of rotatable bonds is 6. The number of hydrogen-bond donors (Lipinski definition) is 4. The van der Waals surface area contributed by atoms with Crippen molar-refractivity contribution in [2.24, 2.45) is 11.8 Å². The molecule has 1 saturated heterocycles. The highest BCUT2D eigenvalue weighted by atomic mass is 79.9. The molecule has 3 atom stereocenters. The number of halogens is 1. The number of benzene rings is 1. The number of nitrogens with one attached hydrogen (secondary N) is 3. The second-order valence-electron chi connectivity index (χ2n) is 5.12. The molecule has 0 radical (unpaired) electrons. The van der Waals surface area contributed by atoms with Crippen LogP contribution in [0.4, 0.5) is 0 Å². The van der Waals surface area contributed by atoms with E-state index in [1.165, 1.54) is 0 Å². The summed E-state index contributed by atoms with van der Waals surface area (Å²) in [6.45, 7) is 2.94. The monoisotopic (exact) mass is 372 g/mol. The Hall–Kier alpha value is -1.19. The predicted octanol–water partition coefficient (Wildman–Crippen LogP) is 0.618. The van der Waals surface area contributed by atoms with Crippen molar-refractivity contribution in [3.05, 3.63) is 28.2 Å². The van der Waals surface area contributed by atoms with Crippen molar-refractivity contribution in [3.8, 4) is 5.75 Å². The maximum atomic E-state index is 12.0. The van der Waals surface area contributed by atoms with Gasteiger partial charge in [0.15, 0.2) is 0 Å². The van der Waals surface area contributed by atoms with Gasteiger partial charge in [-0.05, 0) is 40.5 Å². The van der Waals surface area contributed by atoms with Crippen LogP contribution in [0.15, 0.2) is 22.7 Å². The fourth-order valence-electron chi connectivity index (χ4n) is 2.52. The van der Waals surface area contributed by atoms with E-state index in [-0.39, 0.29) is 23.9 Å². The van der Waals surface area contributed by atoms with Gasteiger partial charge in [-0.25, -0.2) is 11.3 Å². The molecule has 0 aromatic heterocycles. The van der Waals surface area contributed by atoms with Gasteiger partial charge in [0.25, 0.3) is 0 Å². The van der Waals surface area contributed by atoms with Crippen molar-refractivity contribution in [1.82, 2.24) is 16.3 Å². The van der Waals surface area contributed by atoms with Gasteiger partial charge in [0, 0.05) is 13.2 Å². The first-order chi connectivity index (χ1) is 10.6. The molecule has 0 bridgehead atoms. The summed E-state index contributed by atoms with van der Waals surface area (Å²) in [6, 6.07) is 5.56. The van der Waals surface area contributed by atoms with Crippen LogP contribution in [0.25, 0.3) is 0 Å². The lowest BCUT2D eigenvalue weighted by molar-refractivity contribution is -0.125. The van der Waals surface area contributed by atoms with Gasteiger partial charge < -0.3 is 9.47 Å². The molecule has 2 rings (SSSR count). The summed E-state index contributed by atoms with van der Waals surface area (Å²) < 4.78 is 11.4. The van der Waals surface area contributed by atoms with Crippen molar-refractivity contribution in [3.63, 3.8) is 0 Å². The molecule has 0 spiro atoms. The third-order valence-corrected chi connectivity index (χ3v) is 4.29. The molecule has 122 valence electrons. The molecule has 0 saturated carbocycles. The molecule has 1 aliphatic rings. The summed E-state index contributed by atoms with van der Waals surface area (Å²) in [7, 11) is 1.63. The Kier molecular flexibility index (Phi) is 6.16. The van der Waals surface area contributed by atoms with Crippen molar-refractivity contribution in [1.29, 1.82) is 0 Å². The summed E-state index contributed by atoms with van der Waals surface area (Å²) in [5.74, 6) is 5.52. The Labute approximate surface area is 138 Å². The third kappa shape index (κ3) is 3.76. The average molecular weight is 373 g/mol. The van der Waals surface area contributed by atoms with Gasteiger partial charge in [-0.3, -0.25) is 15.6 Å². The Morgan fingerprint density at radius 3 is 2.82 bits per heavy atom. The van der Waals surface area contributed by atoms with Gasteiger partial charge in [0.05, 0.1) is 23.0 Å². The molecule has 3 unspecified atom stereocenters. The molecule has 1 fully saturated rings. The molecule has 1 heterocycles. The van der Waals surface area contributed by atoms with Gasteiger partial charge in [0.1, 0.15) is 12.4 Å². The fourth-order valence-corrected chi connectivity index (χ4v) is 3.03. The second kappa shape index (κ2) is 7.89. The summed E-state index contributed by atoms with van der Waals surface area (Å²) in [5.41, 5.74) is 9.42. The van der Waals surface area contributed by atoms with Gasteiger partial charge in [-0.15, -0.1) is 0 Å². The van der Waals surface area contributed by atoms with Crippen molar-refractivity contribution in [2.75, 3.05) is 20.3 Å². The maximum absolute atomic E-state index is 12.0. The molecule has 0 aliphatic carbocycles. The van der Waals surface area contributed by atoms with E-state index < -0.39 is 0 Å². The van der Waals surface area contributed by atoms with Crippen LogP contribution >= 0.6 is 15.9 Å². The Bertz CT molecular complexity index is 529. The van der Waals surface area contributed by atoms with E-state index in [1.807, 2.05) is 25.1 Å². The molecule has 22 heavy (non-hydrogen) atoms. The lowest BCUT2D eigenvalue weighted by Gasteiger charge is -2.20. The molecular formula is C14H21BrN4O3. The van der Waals surface area contributed by atoms with E-state index in [0.29, 0.717) is 13.2 Å². The first-order valence-corrected chi connectivity index (χ1v) is 7.80. The number of carbonyl (C=O) groups is 1. The number of hydrogen-bond acceptors (Lipinski definition) is 6. The highest BCUT2D eigenvalue weighted by molar-refractivity contribution is 9.10. The van der Waals surface area contributed by atoms with Crippen LogP contribution < -0.4 is 26.9 Å². The van der Waals surface area contributed by atoms with E-state index in [9.17, 15) is 4.79 Å². The lowest BCUT2D eigenvalue weighted by atomic mass is 9.89. The molecule has 7 nitrogen and oxygen atoms in total. The molecule has 8 heteroatoms. The Morgan fingerprint density at radius 2 is 2.18 bits per heavy atom. The van der Waals surface area contributed by atoms with Crippen LogP contribution in [0.1, 0.15) is 18.5 Å². The standard InChI is InChI=1S/C14H21BrN4O3/c1-8-12(14(20)17-16)13(19-18-8)9-3-4-11(10(15)7-9)22-6-5-21-2/h3-4,7-8,12-13,18-19H,5-6,16H2,1-2H3,(H,17,20). The zero-order valence-electron chi connectivity index (χ0n) is 12.6. The van der Waals surface area contributed by atoms with Gasteiger partial charge >= 0.3 is 0 Å². The Balaban J connectivity index is 2.15. The van der Waals surface area contributed by atoms with Crippen LogP contribution in [0.3, 0.4) is 0 Å². The van der Waals surface area contributed by atoms with E-state index in [4.69, 9.17) is 15.3 Å². The van der Waals surface area contributed by atoms with Gasteiger partial charge in [-0.1, -0.05) is 6.07 Å². The average Bonchev–Trinajstić information content (AvgIpc) is 2.90. The van der Waals surface area contributed by atoms with Crippen molar-refractivity contribution >= 4 is 21.8 Å². The smallest absolute Gasteiger partial charge is 0.240 e. The zero-order valence-corrected chi connectivity index (χ0v) is 14.1. The minimum atomic E-state index is -0.294. The maximum Gasteiger partial charge on any atom is 0.240 e. The van der Waals surface area contributed by atoms with Crippen molar-refractivity contribution in [2.45, 2.75) is 19.0 Å². The predicted molar refractivity (Wildman–Crippen MR) is 85.8 cm³/mol. The lowest BCUT2D eigenvalue weighted by Crippen LogP contribution is -2.41. The van der Waals surface area contributed by atoms with E-state index in [2.05, 4.69) is 32.2 Å². The highest BCUT2D eigenvalue weighted by Gasteiger charge is 2.39. The summed E-state index contributed by atoms with van der Waals surface area (Å²) >= 11 is 3.50. The van der Waals surface area contributed by atoms with Crippen LogP contribution in [-0.4, -0.2) is 32.3 Å². The van der Waals surface area contributed by atoms with Gasteiger partial charge in [-0.2, -0.15) is 0 Å². The van der Waals surface area contributed by atoms with Crippen LogP contribution in [-0.2, 0) is 9.53 Å². The summed E-state index contributed by atoms with van der Waals surface area (Å²) in [5, 5.41) is 0. The molecule has 5 N–H and O–H groups in total. The minimum Gasteiger partial charge on any atom is -0.490 e. The van der Waals surface area contributed by atoms with E-state index in [0.717, 1.165) is 15.8 Å². The number of nitrogens with two attached hydrogens (primary N) is 1. The van der Waals surface area contributed by atoms with Crippen LogP contribution in [0.2, 0.25) is 0 Å². The first-order valence-electron chi connectivity index (χ1n) is 7.01. The first kappa shape index (κ1) is 17.2. The quantitative estimate of drug-likeness (QED) is 0.253. The van der Waals surface area contributed by atoms with Crippen LogP contribution in [0.5, 0.6) is 5.75 Å². The minimum absolute atomic E-state index is 0.0232. The van der Waals surface area contributed by atoms with E-state index >= 15 is 0 Å². The number of hydrazine groups is 2. The number of methoxy groups -OCH3 is 1. The summed E-state index contributed by atoms with van der Waals surface area (Å²) in [4.78, 5) is 12.0. The molecular weight excluding hydrogens is 352 g/mol. The molecule has 1 aliphatic heterocycles. The Morgan fingerprint density at radius 1 is 1.41 bits per heavy atom. The SMILES string of the molecule is COCCOc1ccc(C2NNC(C)C2C(=O)NN)cc1Br. The third-order valence-electron chi connectivity index (χ3n) is 3.67. The normalized spacial score (nSPS) is 24.3. The second-order valence-corrected chi connectivity index (χ2v) is 5.97. The van der Waals surface area contributed by atoms with Crippen molar-refractivity contribution < 1.29 is 14.3 Å². The molecule has 1 amide bonds. The number of carbonyl (C=O) groups excluding carboxylic acids is 1.